The molecule has 106 valence electrons. The third kappa shape index (κ3) is 5.78. The maximum Gasteiger partial charge on any atom is 0.238 e. The van der Waals surface area contributed by atoms with Gasteiger partial charge in [0.15, 0.2) is 0 Å². The number of nitrogens with one attached hydrogen (secondary N) is 1. The monoisotopic (exact) mass is 269 g/mol. The standard InChI is InChI=1S/C13H20FN3O2/c1-17(7-10(15)9-19-2)8-13(18)16-12-6-4-3-5-11(12)14/h3-6,10H,7-9,15H2,1-2H3,(H,16,18). The topological polar surface area (TPSA) is 67.6 Å². The lowest BCUT2D eigenvalue weighted by molar-refractivity contribution is -0.117. The van der Waals surface area contributed by atoms with Crippen molar-refractivity contribution in [2.75, 3.05) is 39.2 Å². The number of benzene rings is 1. The summed E-state index contributed by atoms with van der Waals surface area (Å²) in [5.41, 5.74) is 5.96. The summed E-state index contributed by atoms with van der Waals surface area (Å²) in [6.07, 6.45) is 0. The largest absolute Gasteiger partial charge is 0.383 e. The molecule has 6 heteroatoms. The first-order valence-electron chi connectivity index (χ1n) is 6.00. The van der Waals surface area contributed by atoms with Gasteiger partial charge in [-0.05, 0) is 19.2 Å². The van der Waals surface area contributed by atoms with Gasteiger partial charge in [0.2, 0.25) is 5.91 Å². The fourth-order valence-corrected chi connectivity index (χ4v) is 1.73. The van der Waals surface area contributed by atoms with E-state index in [1.807, 2.05) is 0 Å². The lowest BCUT2D eigenvalue weighted by atomic mass is 10.3. The van der Waals surface area contributed by atoms with Gasteiger partial charge in [-0.3, -0.25) is 9.69 Å². The number of carbonyl (C=O) groups is 1. The first kappa shape index (κ1) is 15.6. The number of amides is 1. The molecule has 0 radical (unpaired) electrons. The fourth-order valence-electron chi connectivity index (χ4n) is 1.73. The summed E-state index contributed by atoms with van der Waals surface area (Å²) in [7, 11) is 3.35. The Kier molecular flexibility index (Phi) is 6.41. The van der Waals surface area contributed by atoms with Crippen LogP contribution in [0.15, 0.2) is 24.3 Å². The Hall–Kier alpha value is -1.50. The number of likely N-dealkylation sites (N-methyl/N-ethyl adjacent to an activating group) is 1. The maximum absolute atomic E-state index is 13.3. The fraction of sp³-hybridized carbons (Fsp3) is 0.462. The van der Waals surface area contributed by atoms with Crippen LogP contribution in [-0.4, -0.2) is 50.7 Å². The van der Waals surface area contributed by atoms with E-state index in [0.717, 1.165) is 0 Å². The lowest BCUT2D eigenvalue weighted by Crippen LogP contribution is -2.41. The molecule has 1 aromatic carbocycles. The van der Waals surface area contributed by atoms with Gasteiger partial charge in [-0.25, -0.2) is 4.39 Å². The van der Waals surface area contributed by atoms with E-state index in [9.17, 15) is 9.18 Å². The molecular formula is C13H20FN3O2. The minimum Gasteiger partial charge on any atom is -0.383 e. The van der Waals surface area contributed by atoms with Gasteiger partial charge in [-0.1, -0.05) is 12.1 Å². The zero-order chi connectivity index (χ0) is 14.3. The van der Waals surface area contributed by atoms with Gasteiger partial charge in [0.05, 0.1) is 18.8 Å². The Bertz CT molecular complexity index is 415. The van der Waals surface area contributed by atoms with Gasteiger partial charge in [0.25, 0.3) is 0 Å². The summed E-state index contributed by atoms with van der Waals surface area (Å²) >= 11 is 0. The number of anilines is 1. The second-order valence-corrected chi connectivity index (χ2v) is 4.44. The SMILES string of the molecule is COCC(N)CN(C)CC(=O)Nc1ccccc1F. The number of para-hydroxylation sites is 1. The van der Waals surface area contributed by atoms with Gasteiger partial charge in [0.1, 0.15) is 5.82 Å². The number of carbonyl (C=O) groups excluding carboxylic acids is 1. The highest BCUT2D eigenvalue weighted by Crippen LogP contribution is 2.11. The molecule has 0 saturated carbocycles. The van der Waals surface area contributed by atoms with Crippen molar-refractivity contribution >= 4 is 11.6 Å². The van der Waals surface area contributed by atoms with Crippen molar-refractivity contribution in [2.24, 2.45) is 5.73 Å². The molecule has 5 nitrogen and oxygen atoms in total. The number of methoxy groups -OCH3 is 1. The summed E-state index contributed by atoms with van der Waals surface area (Å²) < 4.78 is 18.3. The third-order valence-corrected chi connectivity index (χ3v) is 2.49. The molecule has 0 spiro atoms. The van der Waals surface area contributed by atoms with Crippen LogP contribution in [0, 0.1) is 5.82 Å². The Morgan fingerprint density at radius 2 is 2.21 bits per heavy atom. The molecule has 0 saturated heterocycles. The molecule has 0 aliphatic rings. The molecule has 1 unspecified atom stereocenters. The van der Waals surface area contributed by atoms with Gasteiger partial charge >= 0.3 is 0 Å². The highest BCUT2D eigenvalue weighted by molar-refractivity contribution is 5.92. The van der Waals surface area contributed by atoms with Crippen molar-refractivity contribution in [3.05, 3.63) is 30.1 Å². The number of ether oxygens (including phenoxy) is 1. The van der Waals surface area contributed by atoms with E-state index in [4.69, 9.17) is 10.5 Å². The number of hydrogen-bond donors (Lipinski definition) is 2. The molecular weight excluding hydrogens is 249 g/mol. The van der Waals surface area contributed by atoms with Gasteiger partial charge in [-0.2, -0.15) is 0 Å². The second kappa shape index (κ2) is 7.83. The van der Waals surface area contributed by atoms with E-state index in [-0.39, 0.29) is 24.2 Å². The molecule has 0 fully saturated rings. The van der Waals surface area contributed by atoms with Crippen molar-refractivity contribution < 1.29 is 13.9 Å². The Morgan fingerprint density at radius 3 is 2.84 bits per heavy atom. The van der Waals surface area contributed by atoms with Crippen molar-refractivity contribution in [3.8, 4) is 0 Å². The predicted octanol–water partition coefficient (Wildman–Crippen LogP) is 0.670. The van der Waals surface area contributed by atoms with Crippen molar-refractivity contribution in [2.45, 2.75) is 6.04 Å². The van der Waals surface area contributed by atoms with Gasteiger partial charge in [0, 0.05) is 19.7 Å². The zero-order valence-corrected chi connectivity index (χ0v) is 11.2. The summed E-state index contributed by atoms with van der Waals surface area (Å²) in [4.78, 5) is 13.5. The number of nitrogens with two attached hydrogens (primary N) is 1. The number of rotatable bonds is 7. The van der Waals surface area contributed by atoms with E-state index in [2.05, 4.69) is 5.32 Å². The second-order valence-electron chi connectivity index (χ2n) is 4.44. The van der Waals surface area contributed by atoms with E-state index in [1.165, 1.54) is 12.1 Å². The number of halogens is 1. The Balaban J connectivity index is 2.41. The van der Waals surface area contributed by atoms with Crippen LogP contribution in [0.5, 0.6) is 0 Å². The molecule has 3 N–H and O–H groups in total. The minimum absolute atomic E-state index is 0.145. The van der Waals surface area contributed by atoms with Crippen LogP contribution in [0.25, 0.3) is 0 Å². The Morgan fingerprint density at radius 1 is 1.53 bits per heavy atom. The summed E-state index contributed by atoms with van der Waals surface area (Å²) in [6.45, 7) is 1.10. The highest BCUT2D eigenvalue weighted by Gasteiger charge is 2.11. The molecule has 1 atom stereocenters. The minimum atomic E-state index is -0.449. The highest BCUT2D eigenvalue weighted by atomic mass is 19.1. The van der Waals surface area contributed by atoms with Crippen LogP contribution in [0.2, 0.25) is 0 Å². The summed E-state index contributed by atoms with van der Waals surface area (Å²) in [5.74, 6) is -0.730. The van der Waals surface area contributed by atoms with Gasteiger partial charge in [-0.15, -0.1) is 0 Å². The van der Waals surface area contributed by atoms with Crippen LogP contribution < -0.4 is 11.1 Å². The average Bonchev–Trinajstić information content (AvgIpc) is 2.31. The smallest absolute Gasteiger partial charge is 0.238 e. The predicted molar refractivity (Wildman–Crippen MR) is 72.4 cm³/mol. The summed E-state index contributed by atoms with van der Waals surface area (Å²) in [6, 6.07) is 5.89. The quantitative estimate of drug-likeness (QED) is 0.763. The van der Waals surface area contributed by atoms with E-state index >= 15 is 0 Å². The Labute approximate surface area is 112 Å². The first-order chi connectivity index (χ1) is 9.02. The van der Waals surface area contributed by atoms with Crippen LogP contribution in [0.4, 0.5) is 10.1 Å². The van der Waals surface area contributed by atoms with Crippen LogP contribution in [-0.2, 0) is 9.53 Å². The first-order valence-corrected chi connectivity index (χ1v) is 6.00. The van der Waals surface area contributed by atoms with Gasteiger partial charge < -0.3 is 15.8 Å². The molecule has 19 heavy (non-hydrogen) atoms. The molecule has 0 aliphatic carbocycles. The molecule has 1 aromatic rings. The molecule has 0 bridgehead atoms. The zero-order valence-electron chi connectivity index (χ0n) is 11.2. The van der Waals surface area contributed by atoms with E-state index in [1.54, 1.807) is 31.2 Å². The van der Waals surface area contributed by atoms with Crippen LogP contribution in [0.3, 0.4) is 0 Å². The van der Waals surface area contributed by atoms with Crippen molar-refractivity contribution in [1.29, 1.82) is 0 Å². The molecule has 1 amide bonds. The maximum atomic E-state index is 13.3. The number of nitrogens with zero attached hydrogens (tertiary/aromatic N) is 1. The molecule has 0 aliphatic heterocycles. The summed E-state index contributed by atoms with van der Waals surface area (Å²) in [5, 5.41) is 2.52. The lowest BCUT2D eigenvalue weighted by Gasteiger charge is -2.20. The van der Waals surface area contributed by atoms with Crippen molar-refractivity contribution in [3.63, 3.8) is 0 Å². The average molecular weight is 269 g/mol. The van der Waals surface area contributed by atoms with Crippen LogP contribution in [0.1, 0.15) is 0 Å². The van der Waals surface area contributed by atoms with E-state index < -0.39 is 5.82 Å². The number of hydrogen-bond acceptors (Lipinski definition) is 4. The molecule has 0 aromatic heterocycles. The molecule has 1 rings (SSSR count). The van der Waals surface area contributed by atoms with Crippen molar-refractivity contribution in [1.82, 2.24) is 4.90 Å². The normalized spacial score (nSPS) is 12.5. The van der Waals surface area contributed by atoms with E-state index in [0.29, 0.717) is 13.2 Å². The molecule has 0 heterocycles. The third-order valence-electron chi connectivity index (χ3n) is 2.49. The van der Waals surface area contributed by atoms with Crippen LogP contribution >= 0.6 is 0 Å².